The molecule has 0 amide bonds. The molecule has 1 atom stereocenters. The van der Waals surface area contributed by atoms with Gasteiger partial charge in [-0.25, -0.2) is 0 Å². The molecule has 0 aliphatic rings. The van der Waals surface area contributed by atoms with E-state index >= 15 is 0 Å². The predicted octanol–water partition coefficient (Wildman–Crippen LogP) is 3.48. The molecule has 5 nitrogen and oxygen atoms in total. The molecular weight excluding hydrogens is 322 g/mol. The number of rotatable bonds is 5. The molecule has 98 valence electrons. The van der Waals surface area contributed by atoms with E-state index in [0.29, 0.717) is 15.8 Å². The normalized spacial score (nSPS) is 12.2. The van der Waals surface area contributed by atoms with Crippen molar-refractivity contribution in [2.75, 3.05) is 5.75 Å². The number of hydrogen-bond acceptors (Lipinski definition) is 4. The van der Waals surface area contributed by atoms with Crippen LogP contribution in [0.1, 0.15) is 12.5 Å². The van der Waals surface area contributed by atoms with Crippen LogP contribution in [0.3, 0.4) is 0 Å². The van der Waals surface area contributed by atoms with Gasteiger partial charge >= 0.3 is 5.97 Å². The van der Waals surface area contributed by atoms with Crippen molar-refractivity contribution in [2.45, 2.75) is 18.7 Å². The van der Waals surface area contributed by atoms with E-state index in [4.69, 9.17) is 5.11 Å². The summed E-state index contributed by atoms with van der Waals surface area (Å²) in [5.41, 5.74) is 0.617. The average Bonchev–Trinajstić information content (AvgIpc) is 2.28. The van der Waals surface area contributed by atoms with Crippen molar-refractivity contribution in [1.29, 1.82) is 0 Å². The fourth-order valence-electron chi connectivity index (χ4n) is 1.24. The van der Waals surface area contributed by atoms with E-state index in [1.165, 1.54) is 17.8 Å². The summed E-state index contributed by atoms with van der Waals surface area (Å²) in [6.45, 7) is 3.29. The van der Waals surface area contributed by atoms with E-state index in [-0.39, 0.29) is 5.69 Å². The number of carboxylic acids is 1. The number of aryl methyl sites for hydroxylation is 1. The van der Waals surface area contributed by atoms with Gasteiger partial charge in [0.1, 0.15) is 0 Å². The summed E-state index contributed by atoms with van der Waals surface area (Å²) in [7, 11) is 0. The van der Waals surface area contributed by atoms with E-state index in [9.17, 15) is 14.9 Å². The Balaban J connectivity index is 2.88. The molecule has 0 saturated carbocycles. The van der Waals surface area contributed by atoms with Crippen LogP contribution < -0.4 is 0 Å². The van der Waals surface area contributed by atoms with Gasteiger partial charge in [-0.1, -0.05) is 6.92 Å². The van der Waals surface area contributed by atoms with Crippen molar-refractivity contribution < 1.29 is 14.8 Å². The summed E-state index contributed by atoms with van der Waals surface area (Å²) in [6.07, 6.45) is 0. The van der Waals surface area contributed by atoms with Gasteiger partial charge in [0.05, 0.1) is 10.8 Å². The molecule has 18 heavy (non-hydrogen) atoms. The van der Waals surface area contributed by atoms with Crippen LogP contribution in [0.15, 0.2) is 21.5 Å². The molecule has 1 N–H and O–H groups in total. The highest BCUT2D eigenvalue weighted by Crippen LogP contribution is 2.34. The van der Waals surface area contributed by atoms with Gasteiger partial charge in [-0.05, 0) is 28.9 Å². The van der Waals surface area contributed by atoms with Crippen LogP contribution >= 0.6 is 27.7 Å². The minimum atomic E-state index is -0.850. The van der Waals surface area contributed by atoms with Crippen LogP contribution in [0, 0.1) is 23.0 Å². The zero-order valence-electron chi connectivity index (χ0n) is 9.84. The Morgan fingerprint density at radius 1 is 1.61 bits per heavy atom. The number of carboxylic acid groups (broad SMARTS) is 1. The van der Waals surface area contributed by atoms with Crippen LogP contribution in [0.2, 0.25) is 0 Å². The van der Waals surface area contributed by atoms with Crippen molar-refractivity contribution in [3.8, 4) is 0 Å². The standard InChI is InChI=1S/C11H12BrNO4S/c1-6-3-10(18-5-7(2)11(14)15)8(12)4-9(6)13(16)17/h3-4,7H,5H2,1-2H3,(H,14,15). The molecule has 1 unspecified atom stereocenters. The Hall–Kier alpha value is -1.08. The first kappa shape index (κ1) is 15.0. The molecule has 0 bridgehead atoms. The molecule has 0 aliphatic heterocycles. The van der Waals surface area contributed by atoms with Gasteiger partial charge in [0.2, 0.25) is 0 Å². The minimum Gasteiger partial charge on any atom is -0.481 e. The highest BCUT2D eigenvalue weighted by molar-refractivity contribution is 9.10. The summed E-state index contributed by atoms with van der Waals surface area (Å²) >= 11 is 4.63. The molecule has 1 aromatic carbocycles. The molecule has 0 heterocycles. The van der Waals surface area contributed by atoms with Gasteiger partial charge in [-0.15, -0.1) is 11.8 Å². The zero-order valence-corrected chi connectivity index (χ0v) is 12.2. The fourth-order valence-corrected chi connectivity index (χ4v) is 2.94. The lowest BCUT2D eigenvalue weighted by Gasteiger charge is -2.08. The van der Waals surface area contributed by atoms with Crippen LogP contribution in [-0.4, -0.2) is 21.8 Å². The van der Waals surface area contributed by atoms with Gasteiger partial charge < -0.3 is 5.11 Å². The monoisotopic (exact) mass is 333 g/mol. The van der Waals surface area contributed by atoms with Crippen LogP contribution in [0.5, 0.6) is 0 Å². The van der Waals surface area contributed by atoms with Gasteiger partial charge in [0, 0.05) is 26.8 Å². The summed E-state index contributed by atoms with van der Waals surface area (Å²) in [6, 6.07) is 3.14. The molecule has 0 aliphatic carbocycles. The molecule has 1 aromatic rings. The first-order valence-electron chi connectivity index (χ1n) is 5.13. The highest BCUT2D eigenvalue weighted by Gasteiger charge is 2.16. The van der Waals surface area contributed by atoms with E-state index in [1.807, 2.05) is 0 Å². The third kappa shape index (κ3) is 3.71. The number of nitro groups is 1. The summed E-state index contributed by atoms with van der Waals surface area (Å²) in [5.74, 6) is -0.889. The number of benzene rings is 1. The second-order valence-corrected chi connectivity index (χ2v) is 5.79. The number of carbonyl (C=O) groups is 1. The first-order valence-corrected chi connectivity index (χ1v) is 6.91. The van der Waals surface area contributed by atoms with E-state index in [0.717, 1.165) is 4.90 Å². The lowest BCUT2D eigenvalue weighted by molar-refractivity contribution is -0.385. The summed E-state index contributed by atoms with van der Waals surface area (Å²) in [4.78, 5) is 21.8. The zero-order chi connectivity index (χ0) is 13.9. The molecule has 0 radical (unpaired) electrons. The van der Waals surface area contributed by atoms with Crippen LogP contribution in [-0.2, 0) is 4.79 Å². The third-order valence-electron chi connectivity index (χ3n) is 2.36. The van der Waals surface area contributed by atoms with Gasteiger partial charge in [-0.3, -0.25) is 14.9 Å². The average molecular weight is 334 g/mol. The Labute approximate surface area is 117 Å². The molecule has 0 aromatic heterocycles. The maximum atomic E-state index is 10.7. The van der Waals surface area contributed by atoms with E-state index < -0.39 is 16.8 Å². The highest BCUT2D eigenvalue weighted by atomic mass is 79.9. The topological polar surface area (TPSA) is 80.4 Å². The van der Waals surface area contributed by atoms with Gasteiger partial charge in [0.15, 0.2) is 0 Å². The van der Waals surface area contributed by atoms with Crippen molar-refractivity contribution in [2.24, 2.45) is 5.92 Å². The van der Waals surface area contributed by atoms with Gasteiger partial charge in [0.25, 0.3) is 5.69 Å². The molecule has 1 rings (SSSR count). The van der Waals surface area contributed by atoms with Crippen molar-refractivity contribution >= 4 is 39.3 Å². The maximum Gasteiger partial charge on any atom is 0.307 e. The molecule has 7 heteroatoms. The lowest BCUT2D eigenvalue weighted by atomic mass is 10.2. The van der Waals surface area contributed by atoms with E-state index in [1.54, 1.807) is 19.9 Å². The Morgan fingerprint density at radius 2 is 2.22 bits per heavy atom. The van der Waals surface area contributed by atoms with E-state index in [2.05, 4.69) is 15.9 Å². The first-order chi connectivity index (χ1) is 8.32. The SMILES string of the molecule is Cc1cc(SCC(C)C(=O)O)c(Br)cc1[N+](=O)[O-]. The second-order valence-electron chi connectivity index (χ2n) is 3.88. The Bertz CT molecular complexity index is 492. The lowest BCUT2D eigenvalue weighted by Crippen LogP contribution is -2.11. The minimum absolute atomic E-state index is 0.0532. The summed E-state index contributed by atoms with van der Waals surface area (Å²) in [5, 5.41) is 19.5. The molecule has 0 spiro atoms. The number of thioether (sulfide) groups is 1. The van der Waals surface area contributed by atoms with Crippen LogP contribution in [0.25, 0.3) is 0 Å². The number of hydrogen-bond donors (Lipinski definition) is 1. The molecular formula is C11H12BrNO4S. The van der Waals surface area contributed by atoms with Crippen LogP contribution in [0.4, 0.5) is 5.69 Å². The van der Waals surface area contributed by atoms with Gasteiger partial charge in [-0.2, -0.15) is 0 Å². The number of nitro benzene ring substituents is 1. The predicted molar refractivity (Wildman–Crippen MR) is 73.1 cm³/mol. The Morgan fingerprint density at radius 3 is 2.72 bits per heavy atom. The quantitative estimate of drug-likeness (QED) is 0.506. The number of nitrogens with zero attached hydrogens (tertiary/aromatic N) is 1. The number of halogens is 1. The molecule has 0 saturated heterocycles. The van der Waals surface area contributed by atoms with Crippen molar-refractivity contribution in [3.63, 3.8) is 0 Å². The smallest absolute Gasteiger partial charge is 0.307 e. The van der Waals surface area contributed by atoms with Crippen molar-refractivity contribution in [1.82, 2.24) is 0 Å². The maximum absolute atomic E-state index is 10.7. The second kappa shape index (κ2) is 6.19. The number of aliphatic carboxylic acids is 1. The Kier molecular flexibility index (Phi) is 5.15. The molecule has 0 fully saturated rings. The third-order valence-corrected chi connectivity index (χ3v) is 4.59. The van der Waals surface area contributed by atoms with Crippen molar-refractivity contribution in [3.05, 3.63) is 32.3 Å². The largest absolute Gasteiger partial charge is 0.481 e. The summed E-state index contributed by atoms with van der Waals surface area (Å²) < 4.78 is 0.613. The fraction of sp³-hybridized carbons (Fsp3) is 0.364.